The van der Waals surface area contributed by atoms with Gasteiger partial charge in [-0.2, -0.15) is 0 Å². The van der Waals surface area contributed by atoms with Crippen molar-refractivity contribution in [3.8, 4) is 0 Å². The molecule has 0 bridgehead atoms. The van der Waals surface area contributed by atoms with E-state index in [4.69, 9.17) is 0 Å². The summed E-state index contributed by atoms with van der Waals surface area (Å²) >= 11 is 0. The molecule has 6 heteroatoms. The number of nitrogens with one attached hydrogen (secondary N) is 2. The Balaban J connectivity index is 2.41. The van der Waals surface area contributed by atoms with Crippen molar-refractivity contribution in [2.24, 2.45) is 0 Å². The van der Waals surface area contributed by atoms with Gasteiger partial charge in [0.05, 0.1) is 7.11 Å². The molecule has 1 atom stereocenters. The van der Waals surface area contributed by atoms with Crippen LogP contribution in [-0.2, 0) is 14.3 Å². The maximum Gasteiger partial charge on any atom is 0.336 e. The van der Waals surface area contributed by atoms with E-state index in [2.05, 4.69) is 15.0 Å². The number of Topliss-reactive ketones (excluding diaryl/α,β-unsaturated/α-hetero) is 1. The molecule has 0 saturated carbocycles. The fraction of sp³-hybridized carbons (Fsp3) is 0.214. The molecule has 0 saturated heterocycles. The summed E-state index contributed by atoms with van der Waals surface area (Å²) in [6.07, 6.45) is 1.52. The highest BCUT2D eigenvalue weighted by Gasteiger charge is 2.30. The highest BCUT2D eigenvalue weighted by molar-refractivity contribution is 6.18. The van der Waals surface area contributed by atoms with Gasteiger partial charge >= 0.3 is 5.97 Å². The maximum atomic E-state index is 12.4. The molecule has 1 aromatic carbocycles. The number of benzene rings is 1. The van der Waals surface area contributed by atoms with Gasteiger partial charge in [-0.25, -0.2) is 4.79 Å². The third kappa shape index (κ3) is 2.54. The number of esters is 1. The molecule has 2 rings (SSSR count). The van der Waals surface area contributed by atoms with Crippen LogP contribution < -0.4 is 5.32 Å². The topological polar surface area (TPSA) is 88.3 Å². The van der Waals surface area contributed by atoms with Gasteiger partial charge in [0.2, 0.25) is 5.91 Å². The zero-order valence-corrected chi connectivity index (χ0v) is 11.1. The first-order valence-corrected chi connectivity index (χ1v) is 6.00. The molecule has 2 N–H and O–H groups in total. The van der Waals surface area contributed by atoms with Crippen LogP contribution in [0.2, 0.25) is 0 Å². The number of aromatic nitrogens is 1. The van der Waals surface area contributed by atoms with Gasteiger partial charge in [0, 0.05) is 29.6 Å². The van der Waals surface area contributed by atoms with Crippen LogP contribution in [-0.4, -0.2) is 35.8 Å². The second-order valence-electron chi connectivity index (χ2n) is 4.27. The first-order chi connectivity index (χ1) is 9.54. The molecule has 1 unspecified atom stereocenters. The monoisotopic (exact) mass is 274 g/mol. The van der Waals surface area contributed by atoms with Crippen molar-refractivity contribution < 1.29 is 19.1 Å². The van der Waals surface area contributed by atoms with E-state index < -0.39 is 23.7 Å². The average molecular weight is 274 g/mol. The van der Waals surface area contributed by atoms with Crippen LogP contribution in [0.3, 0.4) is 0 Å². The number of ketones is 1. The number of methoxy groups -OCH3 is 1. The summed E-state index contributed by atoms with van der Waals surface area (Å²) in [5.41, 5.74) is 1.12. The summed E-state index contributed by atoms with van der Waals surface area (Å²) in [6.45, 7) is 1.23. The fourth-order valence-corrected chi connectivity index (χ4v) is 1.98. The van der Waals surface area contributed by atoms with Gasteiger partial charge in [0.1, 0.15) is 0 Å². The summed E-state index contributed by atoms with van der Waals surface area (Å²) < 4.78 is 4.56. The van der Waals surface area contributed by atoms with E-state index >= 15 is 0 Å². The summed E-state index contributed by atoms with van der Waals surface area (Å²) in [6, 6.07) is 5.87. The highest BCUT2D eigenvalue weighted by atomic mass is 16.5. The SMILES string of the molecule is COC(=O)C(NC(C)=O)C(=O)c1c[nH]c2ccccc12. The molecular formula is C14H14N2O4. The number of aromatic amines is 1. The van der Waals surface area contributed by atoms with Crippen molar-refractivity contribution in [3.63, 3.8) is 0 Å². The van der Waals surface area contributed by atoms with Gasteiger partial charge in [-0.3, -0.25) is 9.59 Å². The quantitative estimate of drug-likeness (QED) is 0.495. The van der Waals surface area contributed by atoms with Crippen LogP contribution >= 0.6 is 0 Å². The zero-order chi connectivity index (χ0) is 14.7. The first-order valence-electron chi connectivity index (χ1n) is 6.00. The van der Waals surface area contributed by atoms with Crippen molar-refractivity contribution in [1.82, 2.24) is 10.3 Å². The minimum absolute atomic E-state index is 0.338. The molecule has 0 radical (unpaired) electrons. The third-order valence-electron chi connectivity index (χ3n) is 2.90. The average Bonchev–Trinajstić information content (AvgIpc) is 2.87. The number of fused-ring (bicyclic) bond motifs is 1. The number of carbonyl (C=O) groups is 3. The predicted octanol–water partition coefficient (Wildman–Crippen LogP) is 1.03. The Hall–Kier alpha value is -2.63. The Labute approximate surface area is 115 Å². The van der Waals surface area contributed by atoms with Crippen molar-refractivity contribution in [2.45, 2.75) is 13.0 Å². The smallest absolute Gasteiger partial charge is 0.336 e. The van der Waals surface area contributed by atoms with Crippen molar-refractivity contribution in [2.75, 3.05) is 7.11 Å². The minimum atomic E-state index is -1.34. The molecule has 0 fully saturated rings. The standard InChI is InChI=1S/C14H14N2O4/c1-8(17)16-12(14(19)20-2)13(18)10-7-15-11-6-4-3-5-9(10)11/h3-7,12,15H,1-2H3,(H,16,17). The Morgan fingerprint density at radius 3 is 2.60 bits per heavy atom. The van der Waals surface area contributed by atoms with Gasteiger partial charge in [-0.1, -0.05) is 18.2 Å². The lowest BCUT2D eigenvalue weighted by Crippen LogP contribution is -2.46. The summed E-state index contributed by atoms with van der Waals surface area (Å²) in [5.74, 6) is -1.78. The van der Waals surface area contributed by atoms with Crippen LogP contribution in [0.15, 0.2) is 30.5 Å². The summed E-state index contributed by atoms with van der Waals surface area (Å²) in [4.78, 5) is 38.2. The van der Waals surface area contributed by atoms with Crippen LogP contribution in [0, 0.1) is 0 Å². The molecule has 1 aromatic heterocycles. The molecule has 0 aliphatic carbocycles. The van der Waals surface area contributed by atoms with Crippen LogP contribution in [0.4, 0.5) is 0 Å². The minimum Gasteiger partial charge on any atom is -0.467 e. The van der Waals surface area contributed by atoms with Gasteiger partial charge in [0.25, 0.3) is 0 Å². The van der Waals surface area contributed by atoms with Crippen LogP contribution in [0.1, 0.15) is 17.3 Å². The molecule has 1 amide bonds. The van der Waals surface area contributed by atoms with E-state index in [0.29, 0.717) is 10.9 Å². The van der Waals surface area contributed by atoms with E-state index in [9.17, 15) is 14.4 Å². The van der Waals surface area contributed by atoms with Gasteiger partial charge in [0.15, 0.2) is 11.8 Å². The van der Waals surface area contributed by atoms with Crippen molar-refractivity contribution in [1.29, 1.82) is 0 Å². The summed E-state index contributed by atoms with van der Waals surface area (Å²) in [7, 11) is 1.17. The van der Waals surface area contributed by atoms with Gasteiger partial charge in [-0.15, -0.1) is 0 Å². The number of para-hydroxylation sites is 1. The Morgan fingerprint density at radius 1 is 1.25 bits per heavy atom. The molecule has 0 spiro atoms. The fourth-order valence-electron chi connectivity index (χ4n) is 1.98. The maximum absolute atomic E-state index is 12.4. The number of H-pyrrole nitrogens is 1. The second-order valence-corrected chi connectivity index (χ2v) is 4.27. The molecule has 1 heterocycles. The van der Waals surface area contributed by atoms with E-state index in [-0.39, 0.29) is 0 Å². The number of carbonyl (C=O) groups excluding carboxylic acids is 3. The predicted molar refractivity (Wildman–Crippen MR) is 72.2 cm³/mol. The lowest BCUT2D eigenvalue weighted by atomic mass is 10.0. The Morgan fingerprint density at radius 2 is 1.95 bits per heavy atom. The normalized spacial score (nSPS) is 11.9. The Kier molecular flexibility index (Phi) is 3.84. The van der Waals surface area contributed by atoms with Crippen LogP contribution in [0.25, 0.3) is 10.9 Å². The number of amides is 1. The van der Waals surface area contributed by atoms with E-state index in [1.807, 2.05) is 12.1 Å². The van der Waals surface area contributed by atoms with Crippen LogP contribution in [0.5, 0.6) is 0 Å². The van der Waals surface area contributed by atoms with Gasteiger partial charge < -0.3 is 15.0 Å². The second kappa shape index (κ2) is 5.56. The number of rotatable bonds is 4. The zero-order valence-electron chi connectivity index (χ0n) is 11.1. The summed E-state index contributed by atoms with van der Waals surface area (Å²) in [5, 5.41) is 3.00. The molecular weight excluding hydrogens is 260 g/mol. The third-order valence-corrected chi connectivity index (χ3v) is 2.90. The number of ether oxygens (including phenoxy) is 1. The van der Waals surface area contributed by atoms with E-state index in [1.54, 1.807) is 12.1 Å². The van der Waals surface area contributed by atoms with Crippen molar-refractivity contribution >= 4 is 28.6 Å². The molecule has 104 valence electrons. The molecule has 2 aromatic rings. The molecule has 0 aliphatic heterocycles. The number of hydrogen-bond acceptors (Lipinski definition) is 4. The first kappa shape index (κ1) is 13.8. The largest absolute Gasteiger partial charge is 0.467 e. The van der Waals surface area contributed by atoms with Gasteiger partial charge in [-0.05, 0) is 6.07 Å². The number of hydrogen-bond donors (Lipinski definition) is 2. The molecule has 20 heavy (non-hydrogen) atoms. The lowest BCUT2D eigenvalue weighted by molar-refractivity contribution is -0.143. The van der Waals surface area contributed by atoms with E-state index in [0.717, 1.165) is 5.52 Å². The molecule has 6 nitrogen and oxygen atoms in total. The Bertz CT molecular complexity index is 675. The lowest BCUT2D eigenvalue weighted by Gasteiger charge is -2.13. The molecule has 0 aliphatic rings. The van der Waals surface area contributed by atoms with E-state index in [1.165, 1.54) is 20.2 Å². The van der Waals surface area contributed by atoms with Crippen molar-refractivity contribution in [3.05, 3.63) is 36.0 Å². The highest BCUT2D eigenvalue weighted by Crippen LogP contribution is 2.19.